The van der Waals surface area contributed by atoms with E-state index in [1.807, 2.05) is 6.07 Å². The fourth-order valence-corrected chi connectivity index (χ4v) is 4.27. The molecule has 1 amide bonds. The maximum Gasteiger partial charge on any atom is 0.234 e. The van der Waals surface area contributed by atoms with Crippen LogP contribution < -0.4 is 10.6 Å². The van der Waals surface area contributed by atoms with Crippen LogP contribution in [0.25, 0.3) is 10.2 Å². The molecule has 0 radical (unpaired) electrons. The number of anilines is 1. The number of hydrogen-bond donors (Lipinski definition) is 2. The Hall–Kier alpha value is -0.820. The predicted molar refractivity (Wildman–Crippen MR) is 91.6 cm³/mol. The molecule has 21 heavy (non-hydrogen) atoms. The van der Waals surface area contributed by atoms with Crippen molar-refractivity contribution in [2.45, 2.75) is 18.1 Å². The first-order valence-corrected chi connectivity index (χ1v) is 9.18. The molecular formula is C14H16ClN3OS2. The van der Waals surface area contributed by atoms with E-state index in [4.69, 9.17) is 11.6 Å². The Morgan fingerprint density at radius 3 is 3.10 bits per heavy atom. The summed E-state index contributed by atoms with van der Waals surface area (Å²) in [6.45, 7) is 2.09. The topological polar surface area (TPSA) is 54.0 Å². The molecule has 1 saturated heterocycles. The Kier molecular flexibility index (Phi) is 5.00. The average Bonchev–Trinajstić information content (AvgIpc) is 2.98. The summed E-state index contributed by atoms with van der Waals surface area (Å²) in [5.41, 5.74) is 3.17. The molecule has 2 heterocycles. The molecule has 1 fully saturated rings. The number of thiazole rings is 1. The molecule has 1 aromatic carbocycles. The number of thioether (sulfide) groups is 1. The van der Waals surface area contributed by atoms with Crippen LogP contribution in [0.4, 0.5) is 5.69 Å². The van der Waals surface area contributed by atoms with Gasteiger partial charge in [0.2, 0.25) is 5.91 Å². The maximum atomic E-state index is 12.1. The second-order valence-corrected chi connectivity index (χ2v) is 7.51. The summed E-state index contributed by atoms with van der Waals surface area (Å²) in [6, 6.07) is 3.73. The summed E-state index contributed by atoms with van der Waals surface area (Å²) >= 11 is 9.45. The van der Waals surface area contributed by atoms with Gasteiger partial charge in [-0.2, -0.15) is 0 Å². The minimum atomic E-state index is -0.0130. The number of carbonyl (C=O) groups is 1. The van der Waals surface area contributed by atoms with Crippen LogP contribution in [0.1, 0.15) is 12.8 Å². The standard InChI is InChI=1S/C14H16ClN3OS2/c15-10-1-2-11-14(17-8-21-11)13(10)18-12(19)7-20-9-3-5-16-6-4-9/h1-2,8-9,16H,3-7H2,(H,18,19). The highest BCUT2D eigenvalue weighted by atomic mass is 35.5. The van der Waals surface area contributed by atoms with Gasteiger partial charge in [-0.1, -0.05) is 11.6 Å². The zero-order chi connectivity index (χ0) is 14.7. The van der Waals surface area contributed by atoms with Crippen LogP contribution in [-0.2, 0) is 4.79 Å². The number of hydrogen-bond acceptors (Lipinski definition) is 5. The predicted octanol–water partition coefficient (Wildman–Crippen LogP) is 3.37. The highest BCUT2D eigenvalue weighted by molar-refractivity contribution is 8.00. The number of benzene rings is 1. The molecule has 1 aliphatic heterocycles. The van der Waals surface area contributed by atoms with Crippen molar-refractivity contribution in [2.24, 2.45) is 0 Å². The van der Waals surface area contributed by atoms with Gasteiger partial charge in [-0.25, -0.2) is 4.98 Å². The van der Waals surface area contributed by atoms with E-state index in [9.17, 15) is 4.79 Å². The Bertz CT molecular complexity index is 640. The van der Waals surface area contributed by atoms with E-state index < -0.39 is 0 Å². The zero-order valence-electron chi connectivity index (χ0n) is 11.4. The van der Waals surface area contributed by atoms with Crippen molar-refractivity contribution in [3.8, 4) is 0 Å². The van der Waals surface area contributed by atoms with Crippen molar-refractivity contribution in [3.63, 3.8) is 0 Å². The number of nitrogens with one attached hydrogen (secondary N) is 2. The molecule has 0 spiro atoms. The Balaban J connectivity index is 1.63. The largest absolute Gasteiger partial charge is 0.322 e. The molecule has 2 N–H and O–H groups in total. The SMILES string of the molecule is O=C(CSC1CCNCC1)Nc1c(Cl)ccc2scnc12. The molecule has 0 bridgehead atoms. The minimum Gasteiger partial charge on any atom is -0.322 e. The molecule has 1 aromatic heterocycles. The first-order chi connectivity index (χ1) is 10.2. The van der Waals surface area contributed by atoms with Gasteiger partial charge >= 0.3 is 0 Å². The van der Waals surface area contributed by atoms with E-state index in [1.54, 1.807) is 34.7 Å². The van der Waals surface area contributed by atoms with Gasteiger partial charge in [-0.05, 0) is 38.1 Å². The van der Waals surface area contributed by atoms with E-state index in [0.29, 0.717) is 21.7 Å². The molecule has 0 saturated carbocycles. The van der Waals surface area contributed by atoms with Gasteiger partial charge in [0.25, 0.3) is 0 Å². The van der Waals surface area contributed by atoms with E-state index in [0.717, 1.165) is 36.1 Å². The molecule has 7 heteroatoms. The third-order valence-corrected chi connectivity index (χ3v) is 5.93. The van der Waals surface area contributed by atoms with Gasteiger partial charge in [-0.15, -0.1) is 23.1 Å². The lowest BCUT2D eigenvalue weighted by Crippen LogP contribution is -2.30. The number of halogens is 1. The number of rotatable bonds is 4. The van der Waals surface area contributed by atoms with Crippen LogP contribution in [-0.4, -0.2) is 35.0 Å². The molecule has 0 aliphatic carbocycles. The molecule has 0 atom stereocenters. The van der Waals surface area contributed by atoms with Crippen LogP contribution >= 0.6 is 34.7 Å². The summed E-state index contributed by atoms with van der Waals surface area (Å²) in [6.07, 6.45) is 2.25. The van der Waals surface area contributed by atoms with E-state index in [1.165, 1.54) is 0 Å². The molecule has 0 unspecified atom stereocenters. The van der Waals surface area contributed by atoms with Crippen molar-refractivity contribution in [1.82, 2.24) is 10.3 Å². The normalized spacial score (nSPS) is 16.2. The Morgan fingerprint density at radius 1 is 1.48 bits per heavy atom. The van der Waals surface area contributed by atoms with Crippen molar-refractivity contribution in [2.75, 3.05) is 24.2 Å². The maximum absolute atomic E-state index is 12.1. The highest BCUT2D eigenvalue weighted by Gasteiger charge is 2.16. The van der Waals surface area contributed by atoms with E-state index in [-0.39, 0.29) is 5.91 Å². The van der Waals surface area contributed by atoms with Crippen LogP contribution in [0.5, 0.6) is 0 Å². The third-order valence-electron chi connectivity index (χ3n) is 3.45. The first kappa shape index (κ1) is 15.1. The van der Waals surface area contributed by atoms with Crippen LogP contribution in [0.2, 0.25) is 5.02 Å². The summed E-state index contributed by atoms with van der Waals surface area (Å²) < 4.78 is 1.03. The van der Waals surface area contributed by atoms with E-state index in [2.05, 4.69) is 15.6 Å². The molecule has 2 aromatic rings. The van der Waals surface area contributed by atoms with Gasteiger partial charge in [0.05, 0.1) is 26.7 Å². The number of nitrogens with zero attached hydrogens (tertiary/aromatic N) is 1. The summed E-state index contributed by atoms with van der Waals surface area (Å²) in [5, 5.41) is 7.35. The third kappa shape index (κ3) is 3.69. The number of fused-ring (bicyclic) bond motifs is 1. The van der Waals surface area contributed by atoms with E-state index >= 15 is 0 Å². The number of carbonyl (C=O) groups excluding carboxylic acids is 1. The highest BCUT2D eigenvalue weighted by Crippen LogP contribution is 2.32. The summed E-state index contributed by atoms with van der Waals surface area (Å²) in [4.78, 5) is 16.4. The van der Waals surface area contributed by atoms with Gasteiger partial charge < -0.3 is 10.6 Å². The minimum absolute atomic E-state index is 0.0130. The Labute approximate surface area is 136 Å². The van der Waals surface area contributed by atoms with Crippen LogP contribution in [0.3, 0.4) is 0 Å². The Morgan fingerprint density at radius 2 is 2.29 bits per heavy atom. The molecule has 3 rings (SSSR count). The van der Waals surface area contributed by atoms with Crippen molar-refractivity contribution in [1.29, 1.82) is 0 Å². The van der Waals surface area contributed by atoms with Gasteiger partial charge in [0.15, 0.2) is 0 Å². The smallest absolute Gasteiger partial charge is 0.234 e. The van der Waals surface area contributed by atoms with Gasteiger partial charge in [0, 0.05) is 5.25 Å². The fraction of sp³-hybridized carbons (Fsp3) is 0.429. The summed E-state index contributed by atoms with van der Waals surface area (Å²) in [5.74, 6) is 0.447. The van der Waals surface area contributed by atoms with Crippen LogP contribution in [0.15, 0.2) is 17.6 Å². The number of aromatic nitrogens is 1. The van der Waals surface area contributed by atoms with Gasteiger partial charge in [0.1, 0.15) is 5.52 Å². The number of amides is 1. The second-order valence-electron chi connectivity index (χ2n) is 4.93. The molecule has 112 valence electrons. The quantitative estimate of drug-likeness (QED) is 0.895. The lowest BCUT2D eigenvalue weighted by Gasteiger charge is -2.21. The van der Waals surface area contributed by atoms with Crippen molar-refractivity contribution in [3.05, 3.63) is 22.7 Å². The lowest BCUT2D eigenvalue weighted by atomic mass is 10.2. The van der Waals surface area contributed by atoms with Crippen molar-refractivity contribution < 1.29 is 4.79 Å². The fourth-order valence-electron chi connectivity index (χ4n) is 2.36. The second kappa shape index (κ2) is 6.96. The zero-order valence-corrected chi connectivity index (χ0v) is 13.8. The van der Waals surface area contributed by atoms with Gasteiger partial charge in [-0.3, -0.25) is 4.79 Å². The van der Waals surface area contributed by atoms with Crippen LogP contribution in [0, 0.1) is 0 Å². The molecule has 1 aliphatic rings. The summed E-state index contributed by atoms with van der Waals surface area (Å²) in [7, 11) is 0. The monoisotopic (exact) mass is 341 g/mol. The van der Waals surface area contributed by atoms with Crippen molar-refractivity contribution >= 4 is 56.5 Å². The first-order valence-electron chi connectivity index (χ1n) is 6.88. The average molecular weight is 342 g/mol. The number of piperidine rings is 1. The lowest BCUT2D eigenvalue weighted by molar-refractivity contribution is -0.113. The molecular weight excluding hydrogens is 326 g/mol. The molecule has 4 nitrogen and oxygen atoms in total.